The number of rotatable bonds is 7. The summed E-state index contributed by atoms with van der Waals surface area (Å²) >= 11 is 0. The van der Waals surface area contributed by atoms with Gasteiger partial charge in [-0.1, -0.05) is 12.1 Å². The predicted molar refractivity (Wildman–Crippen MR) is 98.2 cm³/mol. The number of carboxylic acid groups (broad SMARTS) is 2. The molecule has 0 aliphatic heterocycles. The molecule has 2 aliphatic carbocycles. The van der Waals surface area contributed by atoms with E-state index in [4.69, 9.17) is 35.5 Å². The van der Waals surface area contributed by atoms with E-state index in [-0.39, 0.29) is 17.9 Å². The monoisotopic (exact) mass is 388 g/mol. The summed E-state index contributed by atoms with van der Waals surface area (Å²) in [5.74, 6) is -2.83. The van der Waals surface area contributed by atoms with Gasteiger partial charge in [-0.3, -0.25) is 0 Å². The number of oxime groups is 1. The largest absolute Gasteiger partial charge is 0.473 e. The van der Waals surface area contributed by atoms with Crippen LogP contribution in [0.3, 0.4) is 0 Å². The average molecular weight is 388 g/mol. The van der Waals surface area contributed by atoms with Crippen LogP contribution >= 0.6 is 0 Å². The standard InChI is InChI=1S/C16H30N2O3.C2H2O4/c1-15-6-4-13(3-2-9-19)11-16(15,20)7-5-14(15)12-18-21-10-8-17;3-1(4)2(5)6/h12-14,19-20H,2-11,17H2,1H3;(H,3,4)(H,5,6). The average Bonchev–Trinajstić information content (AvgIpc) is 2.88. The number of nitrogens with zero attached hydrogens (tertiary/aromatic N) is 1. The van der Waals surface area contributed by atoms with Gasteiger partial charge in [0.15, 0.2) is 0 Å². The molecule has 0 heterocycles. The van der Waals surface area contributed by atoms with E-state index in [1.165, 1.54) is 0 Å². The minimum Gasteiger partial charge on any atom is -0.473 e. The SMILES string of the molecule is CC12CCC(CCCO)CC1(O)CCC2C=NOCCN.O=C(O)C(=O)O. The zero-order valence-corrected chi connectivity index (χ0v) is 15.8. The molecule has 2 saturated carbocycles. The third-order valence-electron chi connectivity index (χ3n) is 5.93. The minimum absolute atomic E-state index is 0.0989. The Kier molecular flexibility index (Phi) is 9.14. The molecule has 4 unspecified atom stereocenters. The summed E-state index contributed by atoms with van der Waals surface area (Å²) in [6, 6.07) is 0. The fourth-order valence-electron chi connectivity index (χ4n) is 4.27. The number of aliphatic carboxylic acids is 2. The van der Waals surface area contributed by atoms with E-state index in [0.717, 1.165) is 44.9 Å². The third-order valence-corrected chi connectivity index (χ3v) is 5.93. The quantitative estimate of drug-likeness (QED) is 0.185. The molecule has 0 aromatic rings. The van der Waals surface area contributed by atoms with Crippen LogP contribution in [0.25, 0.3) is 0 Å². The van der Waals surface area contributed by atoms with Crippen molar-refractivity contribution in [2.75, 3.05) is 19.8 Å². The molecular weight excluding hydrogens is 356 g/mol. The van der Waals surface area contributed by atoms with Crippen molar-refractivity contribution in [2.45, 2.75) is 57.5 Å². The van der Waals surface area contributed by atoms with Crippen LogP contribution in [-0.2, 0) is 14.4 Å². The van der Waals surface area contributed by atoms with E-state index in [1.54, 1.807) is 0 Å². The van der Waals surface area contributed by atoms with Crippen molar-refractivity contribution in [3.05, 3.63) is 0 Å². The first-order chi connectivity index (χ1) is 12.7. The van der Waals surface area contributed by atoms with Gasteiger partial charge in [0.25, 0.3) is 0 Å². The first-order valence-electron chi connectivity index (χ1n) is 9.35. The van der Waals surface area contributed by atoms with E-state index in [1.807, 2.05) is 6.21 Å². The molecule has 156 valence electrons. The van der Waals surface area contributed by atoms with Crippen LogP contribution in [0.15, 0.2) is 5.16 Å². The van der Waals surface area contributed by atoms with Crippen molar-refractivity contribution >= 4 is 18.2 Å². The zero-order chi connectivity index (χ0) is 20.5. The molecule has 0 radical (unpaired) electrons. The normalized spacial score (nSPS) is 32.4. The molecule has 0 amide bonds. The zero-order valence-electron chi connectivity index (χ0n) is 15.8. The second-order valence-electron chi connectivity index (χ2n) is 7.56. The van der Waals surface area contributed by atoms with Gasteiger partial charge in [0.1, 0.15) is 6.61 Å². The van der Waals surface area contributed by atoms with Gasteiger partial charge in [-0.15, -0.1) is 0 Å². The lowest BCUT2D eigenvalue weighted by atomic mass is 9.60. The fraction of sp³-hybridized carbons (Fsp3) is 0.833. The maximum Gasteiger partial charge on any atom is 0.414 e. The van der Waals surface area contributed by atoms with Gasteiger partial charge in [-0.2, -0.15) is 0 Å². The van der Waals surface area contributed by atoms with E-state index in [9.17, 15) is 5.11 Å². The highest BCUT2D eigenvalue weighted by Crippen LogP contribution is 2.59. The topological polar surface area (TPSA) is 163 Å². The van der Waals surface area contributed by atoms with Crippen LogP contribution < -0.4 is 5.73 Å². The van der Waals surface area contributed by atoms with E-state index in [0.29, 0.717) is 19.1 Å². The van der Waals surface area contributed by atoms with Crippen molar-refractivity contribution < 1.29 is 34.9 Å². The summed E-state index contributed by atoms with van der Waals surface area (Å²) in [5, 5.41) is 38.9. The van der Waals surface area contributed by atoms with Crippen LogP contribution in [0.1, 0.15) is 51.9 Å². The molecule has 0 saturated heterocycles. The Balaban J connectivity index is 0.000000527. The number of hydrogen-bond acceptors (Lipinski definition) is 7. The molecule has 0 spiro atoms. The van der Waals surface area contributed by atoms with Gasteiger partial charge in [-0.05, 0) is 50.9 Å². The summed E-state index contributed by atoms with van der Waals surface area (Å²) in [6.07, 6.45) is 8.56. The Morgan fingerprint density at radius 3 is 2.48 bits per heavy atom. The smallest absolute Gasteiger partial charge is 0.414 e. The molecule has 4 atom stereocenters. The van der Waals surface area contributed by atoms with Crippen molar-refractivity contribution in [2.24, 2.45) is 28.1 Å². The molecule has 9 heteroatoms. The summed E-state index contributed by atoms with van der Waals surface area (Å²) < 4.78 is 0. The van der Waals surface area contributed by atoms with Crippen molar-refractivity contribution in [1.82, 2.24) is 0 Å². The number of fused-ring (bicyclic) bond motifs is 1. The van der Waals surface area contributed by atoms with E-state index < -0.39 is 17.5 Å². The van der Waals surface area contributed by atoms with Gasteiger partial charge in [0.2, 0.25) is 0 Å². The maximum absolute atomic E-state index is 11.1. The number of hydrogen-bond donors (Lipinski definition) is 5. The molecule has 0 aromatic carbocycles. The molecule has 2 rings (SSSR count). The third kappa shape index (κ3) is 6.15. The number of aliphatic hydroxyl groups excluding tert-OH is 1. The summed E-state index contributed by atoms with van der Waals surface area (Å²) in [4.78, 5) is 23.3. The minimum atomic E-state index is -1.82. The number of aliphatic hydroxyl groups is 2. The van der Waals surface area contributed by atoms with Gasteiger partial charge < -0.3 is 31.0 Å². The second-order valence-corrected chi connectivity index (χ2v) is 7.56. The van der Waals surface area contributed by atoms with Gasteiger partial charge in [0, 0.05) is 30.7 Å². The Morgan fingerprint density at radius 2 is 1.93 bits per heavy atom. The van der Waals surface area contributed by atoms with Crippen LogP contribution in [0.5, 0.6) is 0 Å². The van der Waals surface area contributed by atoms with Crippen LogP contribution in [0.4, 0.5) is 0 Å². The van der Waals surface area contributed by atoms with E-state index >= 15 is 0 Å². The molecule has 6 N–H and O–H groups in total. The molecule has 27 heavy (non-hydrogen) atoms. The van der Waals surface area contributed by atoms with Crippen molar-refractivity contribution in [3.63, 3.8) is 0 Å². The van der Waals surface area contributed by atoms with Crippen LogP contribution in [0, 0.1) is 17.3 Å². The molecule has 0 aromatic heterocycles. The van der Waals surface area contributed by atoms with Gasteiger partial charge in [-0.25, -0.2) is 9.59 Å². The summed E-state index contributed by atoms with van der Waals surface area (Å²) in [7, 11) is 0. The number of nitrogens with two attached hydrogens (primary N) is 1. The molecule has 9 nitrogen and oxygen atoms in total. The highest BCUT2D eigenvalue weighted by molar-refractivity contribution is 6.27. The maximum atomic E-state index is 11.1. The molecular formula is C18H32N2O7. The lowest BCUT2D eigenvalue weighted by Crippen LogP contribution is -2.50. The first kappa shape index (κ1) is 23.3. The van der Waals surface area contributed by atoms with Crippen molar-refractivity contribution in [3.8, 4) is 0 Å². The lowest BCUT2D eigenvalue weighted by Gasteiger charge is -2.48. The fourth-order valence-corrected chi connectivity index (χ4v) is 4.27. The molecule has 2 fully saturated rings. The first-order valence-corrected chi connectivity index (χ1v) is 9.35. The number of carboxylic acids is 2. The predicted octanol–water partition coefficient (Wildman–Crippen LogP) is 0.823. The lowest BCUT2D eigenvalue weighted by molar-refractivity contribution is -0.159. The Morgan fingerprint density at radius 1 is 1.26 bits per heavy atom. The molecule has 2 aliphatic rings. The van der Waals surface area contributed by atoms with E-state index in [2.05, 4.69) is 12.1 Å². The molecule has 0 bridgehead atoms. The van der Waals surface area contributed by atoms with Crippen LogP contribution in [0.2, 0.25) is 0 Å². The highest BCUT2D eigenvalue weighted by Gasteiger charge is 2.58. The van der Waals surface area contributed by atoms with Gasteiger partial charge in [0.05, 0.1) is 5.60 Å². The summed E-state index contributed by atoms with van der Waals surface area (Å²) in [6.45, 7) is 3.35. The van der Waals surface area contributed by atoms with Crippen LogP contribution in [-0.4, -0.2) is 63.9 Å². The number of carbonyl (C=O) groups is 2. The Bertz CT molecular complexity index is 516. The summed E-state index contributed by atoms with van der Waals surface area (Å²) in [5.41, 5.74) is 4.69. The van der Waals surface area contributed by atoms with Crippen molar-refractivity contribution in [1.29, 1.82) is 0 Å². The highest BCUT2D eigenvalue weighted by atomic mass is 16.6. The Hall–Kier alpha value is -1.71. The van der Waals surface area contributed by atoms with Gasteiger partial charge >= 0.3 is 11.9 Å². The second kappa shape index (κ2) is 10.6. The Labute approximate surface area is 159 Å².